The summed E-state index contributed by atoms with van der Waals surface area (Å²) in [6.45, 7) is 2.17. The van der Waals surface area contributed by atoms with Gasteiger partial charge < -0.3 is 0 Å². The molecule has 2 aromatic rings. The van der Waals surface area contributed by atoms with Crippen molar-refractivity contribution in [1.29, 1.82) is 0 Å². The summed E-state index contributed by atoms with van der Waals surface area (Å²) < 4.78 is 4.08. The molecule has 1 heterocycles. The van der Waals surface area contributed by atoms with Crippen LogP contribution in [0.25, 0.3) is 10.4 Å². The van der Waals surface area contributed by atoms with Gasteiger partial charge in [-0.1, -0.05) is 31.2 Å². The average Bonchev–Trinajstić information content (AvgIpc) is 2.71. The second-order valence-corrected chi connectivity index (χ2v) is 3.76. The van der Waals surface area contributed by atoms with Gasteiger partial charge in [-0.2, -0.15) is 0 Å². The van der Waals surface area contributed by atoms with Crippen LogP contribution < -0.4 is 0 Å². The van der Waals surface area contributed by atoms with Crippen LogP contribution in [-0.4, -0.2) is 4.37 Å². The number of aryl methyl sites for hydroxylation is 1. The lowest BCUT2D eigenvalue weighted by Gasteiger charge is -1.98. The highest BCUT2D eigenvalue weighted by molar-refractivity contribution is 7.09. The molecule has 0 fully saturated rings. The molecule has 2 rings (SSSR count). The van der Waals surface area contributed by atoms with Crippen molar-refractivity contribution >= 4 is 11.5 Å². The van der Waals surface area contributed by atoms with Gasteiger partial charge in [-0.15, -0.1) is 0 Å². The Morgan fingerprint density at radius 1 is 1.15 bits per heavy atom. The maximum atomic E-state index is 4.08. The fourth-order valence-electron chi connectivity index (χ4n) is 1.27. The lowest BCUT2D eigenvalue weighted by molar-refractivity contribution is 1.14. The number of benzene rings is 1. The highest BCUT2D eigenvalue weighted by Gasteiger charge is 1.97. The fourth-order valence-corrected chi connectivity index (χ4v) is 1.87. The van der Waals surface area contributed by atoms with Crippen molar-refractivity contribution in [1.82, 2.24) is 4.37 Å². The second-order valence-electron chi connectivity index (χ2n) is 2.93. The Kier molecular flexibility index (Phi) is 2.41. The zero-order valence-corrected chi connectivity index (χ0v) is 8.34. The molecule has 1 nitrogen and oxygen atoms in total. The third-order valence-electron chi connectivity index (χ3n) is 2.08. The lowest BCUT2D eigenvalue weighted by Crippen LogP contribution is -1.78. The number of rotatable bonds is 2. The van der Waals surface area contributed by atoms with Crippen LogP contribution in [0.4, 0.5) is 0 Å². The molecule has 0 N–H and O–H groups in total. The van der Waals surface area contributed by atoms with E-state index in [1.165, 1.54) is 27.5 Å². The standard InChI is InChI=1S/C11H11NS/c1-2-9-3-5-10(6-4-9)11-7-8-12-13-11/h3-8H,2H2,1H3. The van der Waals surface area contributed by atoms with Crippen LogP contribution in [0.3, 0.4) is 0 Å². The number of hydrogen-bond donors (Lipinski definition) is 0. The van der Waals surface area contributed by atoms with Crippen LogP contribution >= 0.6 is 11.5 Å². The van der Waals surface area contributed by atoms with Crippen molar-refractivity contribution in [2.45, 2.75) is 13.3 Å². The third kappa shape index (κ3) is 1.78. The van der Waals surface area contributed by atoms with Gasteiger partial charge in [0, 0.05) is 6.20 Å². The van der Waals surface area contributed by atoms with E-state index in [0.29, 0.717) is 0 Å². The van der Waals surface area contributed by atoms with E-state index in [4.69, 9.17) is 0 Å². The molecule has 0 aliphatic carbocycles. The highest BCUT2D eigenvalue weighted by atomic mass is 32.1. The molecule has 0 amide bonds. The van der Waals surface area contributed by atoms with Crippen LogP contribution in [0.15, 0.2) is 36.5 Å². The van der Waals surface area contributed by atoms with E-state index >= 15 is 0 Å². The lowest BCUT2D eigenvalue weighted by atomic mass is 10.1. The summed E-state index contributed by atoms with van der Waals surface area (Å²) in [5, 5.41) is 0. The van der Waals surface area contributed by atoms with Gasteiger partial charge in [0.15, 0.2) is 0 Å². The van der Waals surface area contributed by atoms with Gasteiger partial charge >= 0.3 is 0 Å². The molecular formula is C11H11NS. The zero-order valence-electron chi connectivity index (χ0n) is 7.53. The van der Waals surface area contributed by atoms with E-state index in [9.17, 15) is 0 Å². The Balaban J connectivity index is 2.33. The molecule has 0 unspecified atom stereocenters. The maximum Gasteiger partial charge on any atom is 0.0549 e. The first-order valence-corrected chi connectivity index (χ1v) is 5.17. The van der Waals surface area contributed by atoms with Crippen molar-refractivity contribution in [3.05, 3.63) is 42.1 Å². The molecule has 0 atom stereocenters. The molecule has 0 saturated carbocycles. The Bertz CT molecular complexity index is 361. The second kappa shape index (κ2) is 3.71. The smallest absolute Gasteiger partial charge is 0.0549 e. The first-order chi connectivity index (χ1) is 6.40. The molecule has 0 bridgehead atoms. The minimum atomic E-state index is 1.10. The molecule has 0 aliphatic heterocycles. The quantitative estimate of drug-likeness (QED) is 0.705. The molecular weight excluding hydrogens is 178 g/mol. The molecule has 2 heteroatoms. The minimum absolute atomic E-state index is 1.10. The number of hydrogen-bond acceptors (Lipinski definition) is 2. The van der Waals surface area contributed by atoms with Gasteiger partial charge in [0.1, 0.15) is 0 Å². The summed E-state index contributed by atoms with van der Waals surface area (Å²) in [6.07, 6.45) is 2.94. The van der Waals surface area contributed by atoms with Crippen LogP contribution in [0.2, 0.25) is 0 Å². The number of aromatic nitrogens is 1. The predicted molar refractivity (Wildman–Crippen MR) is 56.9 cm³/mol. The average molecular weight is 189 g/mol. The van der Waals surface area contributed by atoms with E-state index in [1.807, 2.05) is 12.3 Å². The summed E-state index contributed by atoms with van der Waals surface area (Å²) in [7, 11) is 0. The van der Waals surface area contributed by atoms with Gasteiger partial charge in [0.05, 0.1) is 4.88 Å². The van der Waals surface area contributed by atoms with Crippen molar-refractivity contribution < 1.29 is 0 Å². The summed E-state index contributed by atoms with van der Waals surface area (Å²) in [4.78, 5) is 1.24. The summed E-state index contributed by atoms with van der Waals surface area (Å²) in [6, 6.07) is 10.7. The Morgan fingerprint density at radius 3 is 2.46 bits per heavy atom. The van der Waals surface area contributed by atoms with Crippen LogP contribution in [0, 0.1) is 0 Å². The monoisotopic (exact) mass is 189 g/mol. The predicted octanol–water partition coefficient (Wildman–Crippen LogP) is 3.37. The summed E-state index contributed by atoms with van der Waals surface area (Å²) in [5.41, 5.74) is 2.65. The molecule has 66 valence electrons. The van der Waals surface area contributed by atoms with Gasteiger partial charge in [-0.05, 0) is 35.1 Å². The molecule has 0 radical (unpaired) electrons. The molecule has 13 heavy (non-hydrogen) atoms. The Hall–Kier alpha value is -1.15. The van der Waals surface area contributed by atoms with Gasteiger partial charge in [-0.25, -0.2) is 4.37 Å². The van der Waals surface area contributed by atoms with Crippen molar-refractivity contribution in [3.8, 4) is 10.4 Å². The van der Waals surface area contributed by atoms with Gasteiger partial charge in [-0.3, -0.25) is 0 Å². The van der Waals surface area contributed by atoms with Crippen LogP contribution in [0.5, 0.6) is 0 Å². The largest absolute Gasteiger partial charge is 0.201 e. The first-order valence-electron chi connectivity index (χ1n) is 4.40. The minimum Gasteiger partial charge on any atom is -0.201 e. The Labute approximate surface area is 82.2 Å². The summed E-state index contributed by atoms with van der Waals surface area (Å²) in [5.74, 6) is 0. The fraction of sp³-hybridized carbons (Fsp3) is 0.182. The van der Waals surface area contributed by atoms with Crippen molar-refractivity contribution in [3.63, 3.8) is 0 Å². The van der Waals surface area contributed by atoms with Crippen LogP contribution in [-0.2, 0) is 6.42 Å². The van der Waals surface area contributed by atoms with Crippen molar-refractivity contribution in [2.24, 2.45) is 0 Å². The van der Waals surface area contributed by atoms with Crippen molar-refractivity contribution in [2.75, 3.05) is 0 Å². The zero-order chi connectivity index (χ0) is 9.10. The van der Waals surface area contributed by atoms with E-state index in [-0.39, 0.29) is 0 Å². The summed E-state index contributed by atoms with van der Waals surface area (Å²) >= 11 is 1.54. The molecule has 1 aromatic carbocycles. The van der Waals surface area contributed by atoms with E-state index < -0.39 is 0 Å². The van der Waals surface area contributed by atoms with Gasteiger partial charge in [0.25, 0.3) is 0 Å². The third-order valence-corrected chi connectivity index (χ3v) is 2.88. The molecule has 0 spiro atoms. The normalized spacial score (nSPS) is 10.2. The number of nitrogens with zero attached hydrogens (tertiary/aromatic N) is 1. The van der Waals surface area contributed by atoms with E-state index in [1.54, 1.807) is 0 Å². The highest BCUT2D eigenvalue weighted by Crippen LogP contribution is 2.22. The SMILES string of the molecule is CCc1ccc(-c2ccns2)cc1. The van der Waals surface area contributed by atoms with Crippen LogP contribution in [0.1, 0.15) is 12.5 Å². The van der Waals surface area contributed by atoms with Gasteiger partial charge in [0.2, 0.25) is 0 Å². The molecule has 0 saturated heterocycles. The van der Waals surface area contributed by atoms with E-state index in [0.717, 1.165) is 6.42 Å². The topological polar surface area (TPSA) is 12.9 Å². The van der Waals surface area contributed by atoms with E-state index in [2.05, 4.69) is 35.6 Å². The maximum absolute atomic E-state index is 4.08. The Morgan fingerprint density at radius 2 is 1.92 bits per heavy atom. The molecule has 0 aliphatic rings. The first kappa shape index (κ1) is 8.45. The molecule has 1 aromatic heterocycles.